The minimum absolute atomic E-state index is 0. The minimum Gasteiger partial charge on any atom is -0.491 e. The van der Waals surface area contributed by atoms with Gasteiger partial charge in [-0.3, -0.25) is 72.6 Å². The lowest BCUT2D eigenvalue weighted by Gasteiger charge is -2.27. The number of carbonyl (C=O) groups is 12. The average molecular weight is 1580 g/mol. The second-order valence-electron chi connectivity index (χ2n) is 27.4. The molecule has 2 aromatic heterocycles. The summed E-state index contributed by atoms with van der Waals surface area (Å²) in [7, 11) is 0. The zero-order valence-corrected chi connectivity index (χ0v) is 63.3. The van der Waals surface area contributed by atoms with Crippen molar-refractivity contribution in [2.45, 2.75) is 159 Å². The summed E-state index contributed by atoms with van der Waals surface area (Å²) in [4.78, 5) is 166. The molecule has 4 aromatic carbocycles. The van der Waals surface area contributed by atoms with Gasteiger partial charge in [0.15, 0.2) is 11.6 Å². The summed E-state index contributed by atoms with van der Waals surface area (Å²) in [6, 6.07) is 22.6. The Balaban J connectivity index is 0.00000580. The van der Waals surface area contributed by atoms with Crippen LogP contribution >= 0.6 is 22.9 Å². The van der Waals surface area contributed by atoms with E-state index in [9.17, 15) is 57.5 Å². The number of primary amides is 1. The third-order valence-corrected chi connectivity index (χ3v) is 20.6. The van der Waals surface area contributed by atoms with Crippen molar-refractivity contribution in [1.82, 2.24) is 45.4 Å². The zero-order valence-electron chi connectivity index (χ0n) is 61.7. The fourth-order valence-electron chi connectivity index (χ4n) is 13.2. The molecule has 4 atom stereocenters. The smallest absolute Gasteiger partial charge is 0.410 e. The number of imide groups is 3. The van der Waals surface area contributed by atoms with Crippen LogP contribution in [0.1, 0.15) is 178 Å². The van der Waals surface area contributed by atoms with Crippen molar-refractivity contribution in [3.63, 3.8) is 0 Å². The second kappa shape index (κ2) is 41.5. The quantitative estimate of drug-likeness (QED) is 0.0154. The number of unbranched alkanes of at least 4 members (excludes halogenated alkanes) is 2. The molecule has 4 aliphatic heterocycles. The minimum atomic E-state index is -1.13. The molecule has 10 rings (SSSR count). The number of halogens is 1. The van der Waals surface area contributed by atoms with E-state index in [1.165, 1.54) is 21.9 Å². The number of Topliss-reactive ketones (excluding diaryl/α,β-unsaturated/α-hetero) is 2. The molecule has 0 saturated carbocycles. The molecule has 0 bridgehead atoms. The average Bonchev–Trinajstić information content (AvgIpc) is 1.60. The number of aliphatic imine (C=N–C) groups is 1. The van der Waals surface area contributed by atoms with E-state index in [1.54, 1.807) is 80.6 Å². The standard InChI is InChI=1S/C78H90ClN13O16S.3CH4/c1-45(2)68(85-63(95)15-8-7-9-32-90-65(97)40-46(3)73(90)100)62(94)42-53(12-11-30-82-77(80)103)71(98)83-55-24-16-51(17-25-55)44-108-78(104)89(33-36-105-35-31-81-59-14-10-13-58-67(59)75(102)92(74(58)101)61-28-29-64(96)86-72(61)99)34-37-106-38-39-107-57-26-18-50(19-27-57)41-56(93)43-60-70-88-87-49(6)91(70)76-66(47(4)48(5)109-76)69(84-60)52-20-22-54(79)23-21-52;;;/h10,13-14,16-27,40,45,53,60-61,68,81H,7-9,11-12,15,28-39,41-44H2,1-6H3,(H,83,98)(H,85,95)(H3,80,82,103)(H,86,96,99);3*1H4/t53-,60+,61?,68+;;;/m1.../s1. The van der Waals surface area contributed by atoms with Crippen LogP contribution in [0.25, 0.3) is 5.00 Å². The third kappa shape index (κ3) is 22.7. The molecule has 31 heteroatoms. The first-order valence-electron chi connectivity index (χ1n) is 36.4. The Hall–Kier alpha value is -10.8. The number of nitrogens with two attached hydrogens (primary N) is 1. The van der Waals surface area contributed by atoms with Gasteiger partial charge in [0.05, 0.1) is 49.3 Å². The lowest BCUT2D eigenvalue weighted by molar-refractivity contribution is -0.138. The first-order chi connectivity index (χ1) is 52.3. The van der Waals surface area contributed by atoms with E-state index in [4.69, 9.17) is 41.3 Å². The number of aromatic nitrogens is 3. The molecule has 0 radical (unpaired) electrons. The maximum atomic E-state index is 14.0. The molecule has 4 aliphatic rings. The van der Waals surface area contributed by atoms with E-state index < -0.39 is 65.7 Å². The maximum Gasteiger partial charge on any atom is 0.410 e. The second-order valence-corrected chi connectivity index (χ2v) is 29.0. The van der Waals surface area contributed by atoms with Crippen LogP contribution in [0.4, 0.5) is 21.0 Å². The molecule has 600 valence electrons. The molecular formula is C81H102ClN13O16S. The van der Waals surface area contributed by atoms with E-state index in [0.717, 1.165) is 42.7 Å². The number of hydrogen-bond donors (Lipinski definition) is 6. The van der Waals surface area contributed by atoms with Crippen LogP contribution in [-0.4, -0.2) is 184 Å². The molecule has 7 N–H and O–H groups in total. The molecule has 0 aliphatic carbocycles. The predicted octanol–water partition coefficient (Wildman–Crippen LogP) is 10.5. The number of piperidine rings is 1. The first kappa shape index (κ1) is 88.4. The molecule has 11 amide bonds. The Bertz CT molecular complexity index is 4480. The van der Waals surface area contributed by atoms with Gasteiger partial charge in [0.25, 0.3) is 23.6 Å². The number of nitrogens with zero attached hydrogens (tertiary/aromatic N) is 7. The highest BCUT2D eigenvalue weighted by Gasteiger charge is 2.46. The summed E-state index contributed by atoms with van der Waals surface area (Å²) in [6.45, 7) is 12.2. The Labute approximate surface area is 661 Å². The van der Waals surface area contributed by atoms with Crippen molar-refractivity contribution in [2.75, 3.05) is 76.4 Å². The van der Waals surface area contributed by atoms with Gasteiger partial charge in [-0.05, 0) is 131 Å². The fraction of sp³-hybridized carbons (Fsp3) is 0.444. The molecule has 1 saturated heterocycles. The molecule has 112 heavy (non-hydrogen) atoms. The number of urea groups is 1. The number of ether oxygens (including phenoxy) is 4. The van der Waals surface area contributed by atoms with Crippen molar-refractivity contribution in [3.8, 4) is 10.8 Å². The molecule has 6 aromatic rings. The highest BCUT2D eigenvalue weighted by Crippen LogP contribution is 2.40. The summed E-state index contributed by atoms with van der Waals surface area (Å²) >= 11 is 7.94. The molecule has 0 spiro atoms. The topological polar surface area (TPSA) is 381 Å². The van der Waals surface area contributed by atoms with Crippen LogP contribution < -0.4 is 37.1 Å². The maximum absolute atomic E-state index is 14.0. The van der Waals surface area contributed by atoms with Gasteiger partial charge in [-0.2, -0.15) is 0 Å². The monoisotopic (exact) mass is 1580 g/mol. The lowest BCUT2D eigenvalue weighted by atomic mass is 9.89. The number of aryl methyl sites for hydroxylation is 2. The van der Waals surface area contributed by atoms with Crippen LogP contribution in [0.3, 0.4) is 0 Å². The summed E-state index contributed by atoms with van der Waals surface area (Å²) in [5.74, 6) is -3.79. The number of anilines is 2. The number of nitrogens with one attached hydrogen (secondary N) is 5. The number of fused-ring (bicyclic) bond motifs is 4. The lowest BCUT2D eigenvalue weighted by Crippen LogP contribution is -2.54. The summed E-state index contributed by atoms with van der Waals surface area (Å²) in [5, 5.41) is 24.1. The van der Waals surface area contributed by atoms with Gasteiger partial charge in [-0.1, -0.05) is 96.6 Å². The van der Waals surface area contributed by atoms with Crippen LogP contribution in [0.5, 0.6) is 5.75 Å². The van der Waals surface area contributed by atoms with Gasteiger partial charge in [-0.25, -0.2) is 9.59 Å². The van der Waals surface area contributed by atoms with E-state index in [-0.39, 0.29) is 186 Å². The number of hydrogen-bond acceptors (Lipinski definition) is 21. The number of ketones is 2. The SMILES string of the molecule is C.C.C.CC1=CC(=O)N(CCCCCC(=O)N[C@H](C(=O)C[C@@H](CCCNC(N)=O)C(=O)Nc2ccc(COC(=O)N(CCOCCNc3cccc4c3C(=O)N(C3CCC(=O)NC3=O)C4=O)CCOCCOc3ccc(CC(=O)C[C@@H]4N=C(c5ccc(Cl)cc5)c5c(sc(C)c5C)-n5c(C)nnc54)cc3)cc2)C(C)C)C1=O. The highest BCUT2D eigenvalue weighted by molar-refractivity contribution is 7.15. The molecular weight excluding hydrogens is 1480 g/mol. The summed E-state index contributed by atoms with van der Waals surface area (Å²) in [6.07, 6.45) is 2.72. The molecule has 1 fully saturated rings. The van der Waals surface area contributed by atoms with Crippen molar-refractivity contribution in [1.29, 1.82) is 0 Å². The van der Waals surface area contributed by atoms with Crippen molar-refractivity contribution in [2.24, 2.45) is 22.6 Å². The van der Waals surface area contributed by atoms with Crippen LogP contribution in [0.2, 0.25) is 5.02 Å². The van der Waals surface area contributed by atoms with E-state index in [0.29, 0.717) is 70.6 Å². The first-order valence-corrected chi connectivity index (χ1v) is 37.6. The molecule has 29 nitrogen and oxygen atoms in total. The zero-order chi connectivity index (χ0) is 78.0. The Morgan fingerprint density at radius 1 is 0.768 bits per heavy atom. The van der Waals surface area contributed by atoms with Crippen LogP contribution in [0, 0.1) is 32.6 Å². The third-order valence-electron chi connectivity index (χ3n) is 19.1. The Morgan fingerprint density at radius 2 is 1.47 bits per heavy atom. The molecule has 6 heterocycles. The Kier molecular flexibility index (Phi) is 32.7. The van der Waals surface area contributed by atoms with Gasteiger partial charge < -0.3 is 50.8 Å². The summed E-state index contributed by atoms with van der Waals surface area (Å²) in [5.41, 5.74) is 11.6. The fourth-order valence-corrected chi connectivity index (χ4v) is 14.5. The number of carbonyl (C=O) groups excluding carboxylic acids is 12. The largest absolute Gasteiger partial charge is 0.491 e. The van der Waals surface area contributed by atoms with Gasteiger partial charge in [0, 0.05) is 115 Å². The van der Waals surface area contributed by atoms with E-state index in [1.807, 2.05) is 47.9 Å². The number of amides is 11. The van der Waals surface area contributed by atoms with Crippen molar-refractivity contribution in [3.05, 3.63) is 163 Å². The van der Waals surface area contributed by atoms with E-state index >= 15 is 0 Å². The van der Waals surface area contributed by atoms with Gasteiger partial charge in [-0.15, -0.1) is 21.5 Å². The van der Waals surface area contributed by atoms with Crippen LogP contribution in [0.15, 0.2) is 108 Å². The molecule has 1 unspecified atom stereocenters. The number of thiophene rings is 1. The Morgan fingerprint density at radius 3 is 2.15 bits per heavy atom. The predicted molar refractivity (Wildman–Crippen MR) is 424 cm³/mol. The number of rotatable bonds is 39. The van der Waals surface area contributed by atoms with Gasteiger partial charge >= 0.3 is 12.1 Å². The number of benzene rings is 4. The normalized spacial score (nSPS) is 15.4. The van der Waals surface area contributed by atoms with E-state index in [2.05, 4.69) is 50.6 Å². The van der Waals surface area contributed by atoms with Gasteiger partial charge in [0.1, 0.15) is 47.7 Å². The highest BCUT2D eigenvalue weighted by atomic mass is 35.5. The van der Waals surface area contributed by atoms with Crippen molar-refractivity contribution < 1.29 is 76.5 Å². The van der Waals surface area contributed by atoms with Crippen molar-refractivity contribution >= 4 is 111 Å². The summed E-state index contributed by atoms with van der Waals surface area (Å²) < 4.78 is 25.7. The van der Waals surface area contributed by atoms with Gasteiger partial charge in [0.2, 0.25) is 23.6 Å². The van der Waals surface area contributed by atoms with Crippen LogP contribution in [-0.2, 0) is 65.6 Å².